The molecule has 0 radical (unpaired) electrons. The molecule has 1 heterocycles. The molecule has 5 nitrogen and oxygen atoms in total. The first-order valence-electron chi connectivity index (χ1n) is 9.25. The molecular formula is C24H20O5. The number of carbonyl (C=O) groups is 2. The van der Waals surface area contributed by atoms with Crippen LogP contribution >= 0.6 is 0 Å². The number of hydrogen-bond acceptors (Lipinski definition) is 5. The Labute approximate surface area is 168 Å². The van der Waals surface area contributed by atoms with Gasteiger partial charge in [-0.1, -0.05) is 30.3 Å². The predicted octanol–water partition coefficient (Wildman–Crippen LogP) is 4.37. The Hall–Kier alpha value is -3.60. The number of para-hydroxylation sites is 1. The van der Waals surface area contributed by atoms with Gasteiger partial charge < -0.3 is 14.2 Å². The van der Waals surface area contributed by atoms with Gasteiger partial charge in [-0.15, -0.1) is 0 Å². The zero-order chi connectivity index (χ0) is 20.4. The van der Waals surface area contributed by atoms with Crippen molar-refractivity contribution in [3.8, 4) is 17.2 Å². The minimum atomic E-state index is -0.717. The van der Waals surface area contributed by atoms with Gasteiger partial charge in [0.15, 0.2) is 5.78 Å². The smallest absolute Gasteiger partial charge is 0.320 e. The normalized spacial score (nSPS) is 15.9. The lowest BCUT2D eigenvalue weighted by Gasteiger charge is -2.21. The number of methoxy groups -OCH3 is 2. The molecule has 0 N–H and O–H groups in total. The maximum Gasteiger partial charge on any atom is 0.320 e. The number of Topliss-reactive ketones (excluding diaryl/α,β-unsaturated/α-hetero) is 1. The van der Waals surface area contributed by atoms with Gasteiger partial charge in [0.25, 0.3) is 0 Å². The van der Waals surface area contributed by atoms with E-state index in [1.165, 1.54) is 0 Å². The number of ketones is 1. The van der Waals surface area contributed by atoms with Crippen LogP contribution < -0.4 is 14.2 Å². The van der Waals surface area contributed by atoms with E-state index in [0.717, 1.165) is 11.1 Å². The zero-order valence-electron chi connectivity index (χ0n) is 16.1. The molecule has 0 fully saturated rings. The molecule has 3 aromatic rings. The number of hydrogen-bond donors (Lipinski definition) is 0. The molecule has 0 aliphatic carbocycles. The van der Waals surface area contributed by atoms with Crippen LogP contribution in [0, 0.1) is 0 Å². The summed E-state index contributed by atoms with van der Waals surface area (Å²) in [4.78, 5) is 26.3. The molecule has 2 atom stereocenters. The number of benzene rings is 3. The van der Waals surface area contributed by atoms with Gasteiger partial charge in [-0.25, -0.2) is 0 Å². The molecule has 0 saturated carbocycles. The van der Waals surface area contributed by atoms with Gasteiger partial charge in [0.1, 0.15) is 23.2 Å². The molecular weight excluding hydrogens is 368 g/mol. The summed E-state index contributed by atoms with van der Waals surface area (Å²) in [6.07, 6.45) is 0. The molecule has 0 aromatic heterocycles. The standard InChI is InChI=1S/C24H20O5/c1-27-17-11-7-15(8-12-17)21(23(25)16-9-13-18(28-2)14-10-16)22-19-5-3-4-6-20(19)29-24(22)26/h3-14,21-22H,1-2H3/t21-,22+/m0/s1. The Balaban J connectivity index is 1.80. The maximum atomic E-state index is 13.6. The second-order valence-corrected chi connectivity index (χ2v) is 6.78. The highest BCUT2D eigenvalue weighted by Gasteiger charge is 2.43. The zero-order valence-corrected chi connectivity index (χ0v) is 16.1. The van der Waals surface area contributed by atoms with Crippen molar-refractivity contribution in [2.45, 2.75) is 11.8 Å². The molecule has 0 unspecified atom stereocenters. The molecule has 0 saturated heterocycles. The lowest BCUT2D eigenvalue weighted by atomic mass is 9.77. The van der Waals surface area contributed by atoms with Crippen molar-refractivity contribution in [2.75, 3.05) is 14.2 Å². The second-order valence-electron chi connectivity index (χ2n) is 6.78. The molecule has 1 aliphatic rings. The first kappa shape index (κ1) is 18.7. The molecule has 0 bridgehead atoms. The summed E-state index contributed by atoms with van der Waals surface area (Å²) in [5, 5.41) is 0. The van der Waals surface area contributed by atoms with Crippen LogP contribution in [0.5, 0.6) is 17.2 Å². The van der Waals surface area contributed by atoms with Crippen LogP contribution in [0.4, 0.5) is 0 Å². The molecule has 29 heavy (non-hydrogen) atoms. The summed E-state index contributed by atoms with van der Waals surface area (Å²) in [6.45, 7) is 0. The Morgan fingerprint density at radius 3 is 2.07 bits per heavy atom. The van der Waals surface area contributed by atoms with Crippen LogP contribution in [-0.4, -0.2) is 26.0 Å². The summed E-state index contributed by atoms with van der Waals surface area (Å²) in [7, 11) is 3.15. The van der Waals surface area contributed by atoms with Gasteiger partial charge >= 0.3 is 5.97 Å². The van der Waals surface area contributed by atoms with Gasteiger partial charge in [-0.05, 0) is 48.0 Å². The highest BCUT2D eigenvalue weighted by Crippen LogP contribution is 2.45. The third kappa shape index (κ3) is 3.47. The minimum absolute atomic E-state index is 0.156. The van der Waals surface area contributed by atoms with Crippen LogP contribution in [-0.2, 0) is 4.79 Å². The minimum Gasteiger partial charge on any atom is -0.497 e. The first-order chi connectivity index (χ1) is 14.1. The summed E-state index contributed by atoms with van der Waals surface area (Å²) < 4.78 is 15.9. The second kappa shape index (κ2) is 7.80. The molecule has 1 aliphatic heterocycles. The quantitative estimate of drug-likeness (QED) is 0.356. The summed E-state index contributed by atoms with van der Waals surface area (Å²) in [5.74, 6) is -0.166. The third-order valence-electron chi connectivity index (χ3n) is 5.18. The molecule has 0 spiro atoms. The van der Waals surface area contributed by atoms with Crippen LogP contribution in [0.25, 0.3) is 0 Å². The number of rotatable bonds is 6. The van der Waals surface area contributed by atoms with Crippen molar-refractivity contribution in [3.05, 3.63) is 89.5 Å². The molecule has 5 heteroatoms. The monoisotopic (exact) mass is 388 g/mol. The van der Waals surface area contributed by atoms with Crippen molar-refractivity contribution < 1.29 is 23.8 Å². The largest absolute Gasteiger partial charge is 0.497 e. The van der Waals surface area contributed by atoms with Crippen LogP contribution in [0.2, 0.25) is 0 Å². The Kier molecular flexibility index (Phi) is 5.04. The number of ether oxygens (including phenoxy) is 3. The van der Waals surface area contributed by atoms with E-state index in [0.29, 0.717) is 22.8 Å². The number of carbonyl (C=O) groups excluding carboxylic acids is 2. The Morgan fingerprint density at radius 2 is 1.45 bits per heavy atom. The average Bonchev–Trinajstić information content (AvgIpc) is 3.10. The first-order valence-corrected chi connectivity index (χ1v) is 9.25. The van der Waals surface area contributed by atoms with E-state index in [-0.39, 0.29) is 5.78 Å². The summed E-state index contributed by atoms with van der Waals surface area (Å²) >= 11 is 0. The van der Waals surface area contributed by atoms with Gasteiger partial charge in [0, 0.05) is 11.1 Å². The van der Waals surface area contributed by atoms with Crippen molar-refractivity contribution in [1.82, 2.24) is 0 Å². The van der Waals surface area contributed by atoms with E-state index < -0.39 is 17.8 Å². The molecule has 3 aromatic carbocycles. The highest BCUT2D eigenvalue weighted by molar-refractivity contribution is 6.05. The fourth-order valence-corrected chi connectivity index (χ4v) is 3.69. The topological polar surface area (TPSA) is 61.8 Å². The van der Waals surface area contributed by atoms with Crippen molar-refractivity contribution >= 4 is 11.8 Å². The fourth-order valence-electron chi connectivity index (χ4n) is 3.69. The predicted molar refractivity (Wildman–Crippen MR) is 108 cm³/mol. The molecule has 146 valence electrons. The van der Waals surface area contributed by atoms with Gasteiger partial charge in [-0.3, -0.25) is 9.59 Å². The van der Waals surface area contributed by atoms with Gasteiger partial charge in [0.05, 0.1) is 20.1 Å². The lowest BCUT2D eigenvalue weighted by molar-refractivity contribution is -0.134. The van der Waals surface area contributed by atoms with E-state index in [9.17, 15) is 9.59 Å². The van der Waals surface area contributed by atoms with Crippen LogP contribution in [0.3, 0.4) is 0 Å². The van der Waals surface area contributed by atoms with Crippen LogP contribution in [0.15, 0.2) is 72.8 Å². The molecule has 0 amide bonds. The third-order valence-corrected chi connectivity index (χ3v) is 5.18. The summed E-state index contributed by atoms with van der Waals surface area (Å²) in [5.41, 5.74) is 1.95. The highest BCUT2D eigenvalue weighted by atomic mass is 16.5. The fraction of sp³-hybridized carbons (Fsp3) is 0.167. The van der Waals surface area contributed by atoms with Crippen molar-refractivity contribution in [1.29, 1.82) is 0 Å². The van der Waals surface area contributed by atoms with Gasteiger partial charge in [0.2, 0.25) is 0 Å². The average molecular weight is 388 g/mol. The van der Waals surface area contributed by atoms with E-state index in [1.54, 1.807) is 56.7 Å². The van der Waals surface area contributed by atoms with Crippen molar-refractivity contribution in [3.63, 3.8) is 0 Å². The van der Waals surface area contributed by atoms with E-state index in [2.05, 4.69) is 0 Å². The van der Waals surface area contributed by atoms with E-state index in [1.807, 2.05) is 30.3 Å². The number of fused-ring (bicyclic) bond motifs is 1. The van der Waals surface area contributed by atoms with E-state index in [4.69, 9.17) is 14.2 Å². The summed E-state index contributed by atoms with van der Waals surface area (Å²) in [6, 6.07) is 21.3. The lowest BCUT2D eigenvalue weighted by Crippen LogP contribution is -2.25. The van der Waals surface area contributed by atoms with Crippen LogP contribution in [0.1, 0.15) is 33.3 Å². The van der Waals surface area contributed by atoms with Crippen molar-refractivity contribution in [2.24, 2.45) is 0 Å². The Bertz CT molecular complexity index is 1040. The Morgan fingerprint density at radius 1 is 0.862 bits per heavy atom. The maximum absolute atomic E-state index is 13.6. The number of esters is 1. The van der Waals surface area contributed by atoms with E-state index >= 15 is 0 Å². The SMILES string of the molecule is COc1ccc(C(=O)[C@@H](c2ccc(OC)cc2)[C@@H]2C(=O)Oc3ccccc32)cc1. The van der Waals surface area contributed by atoms with Gasteiger partial charge in [-0.2, -0.15) is 0 Å². The molecule has 4 rings (SSSR count).